The van der Waals surface area contributed by atoms with Gasteiger partial charge in [0, 0.05) is 5.56 Å². The second-order valence-electron chi connectivity index (χ2n) is 4.72. The topological polar surface area (TPSA) is 41.8 Å². The lowest BCUT2D eigenvalue weighted by Crippen LogP contribution is -2.03. The molecule has 0 heterocycles. The van der Waals surface area contributed by atoms with Crippen LogP contribution in [0, 0.1) is 12.7 Å². The highest BCUT2D eigenvalue weighted by Crippen LogP contribution is 2.23. The number of nitrogens with zero attached hydrogens (tertiary/aromatic N) is 1. The number of halogens is 2. The summed E-state index contributed by atoms with van der Waals surface area (Å²) in [6.45, 7) is 3.81. The van der Waals surface area contributed by atoms with E-state index in [0.29, 0.717) is 22.6 Å². The third-order valence-corrected chi connectivity index (χ3v) is 3.36. The molecule has 0 bridgehead atoms. The highest BCUT2D eigenvalue weighted by Gasteiger charge is 2.09. The Morgan fingerprint density at radius 3 is 2.71 bits per heavy atom. The highest BCUT2D eigenvalue weighted by molar-refractivity contribution is 6.30. The fourth-order valence-corrected chi connectivity index (χ4v) is 2.01. The van der Waals surface area contributed by atoms with Crippen molar-refractivity contribution in [3.05, 3.63) is 63.9 Å². The molecule has 0 atom stereocenters. The van der Waals surface area contributed by atoms with E-state index < -0.39 is 5.82 Å². The minimum Gasteiger partial charge on any atom is -0.488 e. The Hall–Kier alpha value is -2.07. The maximum absolute atomic E-state index is 13.4. The second kappa shape index (κ2) is 6.59. The zero-order chi connectivity index (χ0) is 15.4. The van der Waals surface area contributed by atoms with Crippen molar-refractivity contribution in [1.29, 1.82) is 0 Å². The quantitative estimate of drug-likeness (QED) is 0.511. The summed E-state index contributed by atoms with van der Waals surface area (Å²) < 4.78 is 19.1. The molecule has 5 heteroatoms. The van der Waals surface area contributed by atoms with Crippen LogP contribution in [0.2, 0.25) is 5.02 Å². The molecule has 0 radical (unpaired) electrons. The number of aryl methyl sites for hydroxylation is 1. The molecule has 0 saturated heterocycles. The third kappa shape index (κ3) is 3.73. The summed E-state index contributed by atoms with van der Waals surface area (Å²) in [5.74, 6) is 0.107. The Balaban J connectivity index is 2.22. The fraction of sp³-hybridized carbons (Fsp3) is 0.188. The van der Waals surface area contributed by atoms with E-state index in [-0.39, 0.29) is 11.6 Å². The van der Waals surface area contributed by atoms with Gasteiger partial charge in [-0.2, -0.15) is 0 Å². The molecule has 0 spiro atoms. The van der Waals surface area contributed by atoms with Crippen LogP contribution in [0.25, 0.3) is 0 Å². The van der Waals surface area contributed by atoms with E-state index >= 15 is 0 Å². The zero-order valence-electron chi connectivity index (χ0n) is 11.7. The Morgan fingerprint density at radius 1 is 1.29 bits per heavy atom. The van der Waals surface area contributed by atoms with E-state index in [1.165, 1.54) is 12.1 Å². The normalized spacial score (nSPS) is 11.5. The molecule has 0 amide bonds. The van der Waals surface area contributed by atoms with Gasteiger partial charge in [-0.15, -0.1) is 0 Å². The predicted molar refractivity (Wildman–Crippen MR) is 80.9 cm³/mol. The first-order chi connectivity index (χ1) is 10.0. The van der Waals surface area contributed by atoms with Crippen molar-refractivity contribution in [2.75, 3.05) is 0 Å². The molecule has 0 fully saturated rings. The van der Waals surface area contributed by atoms with Gasteiger partial charge in [0.1, 0.15) is 18.2 Å². The van der Waals surface area contributed by atoms with Crippen LogP contribution in [0.1, 0.15) is 23.6 Å². The maximum atomic E-state index is 13.4. The molecule has 2 aromatic carbocycles. The van der Waals surface area contributed by atoms with Crippen LogP contribution in [0.15, 0.2) is 41.6 Å². The van der Waals surface area contributed by atoms with Crippen LogP contribution >= 0.6 is 11.6 Å². The molecule has 110 valence electrons. The summed E-state index contributed by atoms with van der Waals surface area (Å²) in [7, 11) is 0. The minimum atomic E-state index is -0.477. The lowest BCUT2D eigenvalue weighted by Gasteiger charge is -2.12. The SMILES string of the molecule is C/C(=N/O)c1ccc(C)cc1OCc1ccc(Cl)c(F)c1. The lowest BCUT2D eigenvalue weighted by atomic mass is 10.1. The molecule has 3 nitrogen and oxygen atoms in total. The standard InChI is InChI=1S/C16H15ClFNO2/c1-10-3-5-13(11(2)19-20)16(7-10)21-9-12-4-6-14(17)15(18)8-12/h3-8,20H,9H2,1-2H3/b19-11-. The Morgan fingerprint density at radius 2 is 2.05 bits per heavy atom. The predicted octanol–water partition coefficient (Wildman–Crippen LogP) is 4.56. The average molecular weight is 308 g/mol. The van der Waals surface area contributed by atoms with E-state index in [9.17, 15) is 4.39 Å². The number of hydrogen-bond donors (Lipinski definition) is 1. The monoisotopic (exact) mass is 307 g/mol. The lowest BCUT2D eigenvalue weighted by molar-refractivity contribution is 0.302. The van der Waals surface area contributed by atoms with Gasteiger partial charge in [-0.05, 0) is 49.2 Å². The van der Waals surface area contributed by atoms with Gasteiger partial charge in [-0.25, -0.2) is 4.39 Å². The fourth-order valence-electron chi connectivity index (χ4n) is 1.89. The summed E-state index contributed by atoms with van der Waals surface area (Å²) in [4.78, 5) is 0. The van der Waals surface area contributed by atoms with E-state index in [1.807, 2.05) is 25.1 Å². The van der Waals surface area contributed by atoms with Gasteiger partial charge in [0.15, 0.2) is 0 Å². The van der Waals surface area contributed by atoms with Crippen molar-refractivity contribution < 1.29 is 14.3 Å². The first-order valence-electron chi connectivity index (χ1n) is 6.37. The molecular formula is C16H15ClFNO2. The van der Waals surface area contributed by atoms with Gasteiger partial charge in [-0.1, -0.05) is 28.9 Å². The minimum absolute atomic E-state index is 0.0817. The Kier molecular flexibility index (Phi) is 4.81. The maximum Gasteiger partial charge on any atom is 0.142 e. The van der Waals surface area contributed by atoms with Gasteiger partial charge in [0.2, 0.25) is 0 Å². The van der Waals surface area contributed by atoms with Crippen LogP contribution in [-0.4, -0.2) is 10.9 Å². The molecule has 0 aliphatic heterocycles. The van der Waals surface area contributed by atoms with E-state index in [4.69, 9.17) is 21.5 Å². The number of hydrogen-bond acceptors (Lipinski definition) is 3. The molecule has 2 rings (SSSR count). The number of benzene rings is 2. The largest absolute Gasteiger partial charge is 0.488 e. The summed E-state index contributed by atoms with van der Waals surface area (Å²) in [6, 6.07) is 10.1. The van der Waals surface area contributed by atoms with Gasteiger partial charge < -0.3 is 9.94 Å². The van der Waals surface area contributed by atoms with Crippen molar-refractivity contribution in [1.82, 2.24) is 0 Å². The highest BCUT2D eigenvalue weighted by atomic mass is 35.5. The van der Waals surface area contributed by atoms with Crippen molar-refractivity contribution in [2.45, 2.75) is 20.5 Å². The molecule has 0 saturated carbocycles. The van der Waals surface area contributed by atoms with Crippen molar-refractivity contribution in [2.24, 2.45) is 5.16 Å². The molecule has 0 aromatic heterocycles. The Labute approximate surface area is 127 Å². The number of ether oxygens (including phenoxy) is 1. The van der Waals surface area contributed by atoms with E-state index in [1.54, 1.807) is 13.0 Å². The van der Waals surface area contributed by atoms with Crippen LogP contribution in [0.4, 0.5) is 4.39 Å². The summed E-state index contributed by atoms with van der Waals surface area (Å²) in [6.07, 6.45) is 0. The van der Waals surface area contributed by atoms with Gasteiger partial charge in [0.05, 0.1) is 10.7 Å². The molecule has 21 heavy (non-hydrogen) atoms. The molecule has 2 aromatic rings. The zero-order valence-corrected chi connectivity index (χ0v) is 12.5. The van der Waals surface area contributed by atoms with E-state index in [2.05, 4.69) is 5.16 Å². The van der Waals surface area contributed by atoms with Crippen LogP contribution in [-0.2, 0) is 6.61 Å². The van der Waals surface area contributed by atoms with E-state index in [0.717, 1.165) is 5.56 Å². The second-order valence-corrected chi connectivity index (χ2v) is 5.13. The van der Waals surface area contributed by atoms with Crippen LogP contribution in [0.5, 0.6) is 5.75 Å². The molecule has 0 aliphatic carbocycles. The average Bonchev–Trinajstić information content (AvgIpc) is 2.48. The number of rotatable bonds is 4. The summed E-state index contributed by atoms with van der Waals surface area (Å²) in [5.41, 5.74) is 2.83. The first-order valence-corrected chi connectivity index (χ1v) is 6.75. The summed E-state index contributed by atoms with van der Waals surface area (Å²) in [5, 5.41) is 12.2. The number of oxime groups is 1. The van der Waals surface area contributed by atoms with Gasteiger partial charge in [0.25, 0.3) is 0 Å². The van der Waals surface area contributed by atoms with Crippen LogP contribution in [0.3, 0.4) is 0 Å². The molecular weight excluding hydrogens is 293 g/mol. The summed E-state index contributed by atoms with van der Waals surface area (Å²) >= 11 is 5.64. The van der Waals surface area contributed by atoms with Crippen molar-refractivity contribution in [3.8, 4) is 5.75 Å². The molecule has 0 unspecified atom stereocenters. The Bertz CT molecular complexity index is 686. The van der Waals surface area contributed by atoms with Crippen molar-refractivity contribution >= 4 is 17.3 Å². The van der Waals surface area contributed by atoms with Crippen LogP contribution < -0.4 is 4.74 Å². The smallest absolute Gasteiger partial charge is 0.142 e. The molecule has 0 aliphatic rings. The molecule has 1 N–H and O–H groups in total. The van der Waals surface area contributed by atoms with Crippen molar-refractivity contribution in [3.63, 3.8) is 0 Å². The first kappa shape index (κ1) is 15.3. The third-order valence-electron chi connectivity index (χ3n) is 3.06. The van der Waals surface area contributed by atoms with Gasteiger partial charge in [-0.3, -0.25) is 0 Å². The van der Waals surface area contributed by atoms with Gasteiger partial charge >= 0.3 is 0 Å².